The lowest BCUT2D eigenvalue weighted by atomic mass is 10.1. The molecule has 144 valence electrons. The van der Waals surface area contributed by atoms with Gasteiger partial charge in [-0.25, -0.2) is 4.98 Å². The SMILES string of the molecule is Cl.Nc1cccc(-c2ccn3c(-c4cccc(Nc5nncs5)c4)cnc3c2)c1. The second-order valence-electron chi connectivity index (χ2n) is 6.36. The van der Waals surface area contributed by atoms with Crippen molar-refractivity contribution in [3.8, 4) is 22.4 Å². The molecule has 0 atom stereocenters. The van der Waals surface area contributed by atoms with Crippen molar-refractivity contribution >= 4 is 45.9 Å². The third kappa shape index (κ3) is 3.78. The molecule has 3 heterocycles. The highest BCUT2D eigenvalue weighted by Crippen LogP contribution is 2.28. The van der Waals surface area contributed by atoms with E-state index >= 15 is 0 Å². The molecule has 5 aromatic rings. The molecule has 0 aliphatic heterocycles. The standard InChI is InChI=1S/C21H16N6S.ClH/c22-17-5-1-3-14(9-17)15-7-8-27-19(12-23-20(27)11-15)16-4-2-6-18(10-16)25-21-26-24-13-28-21;/h1-13H,22H2,(H,25,26);1H. The Balaban J connectivity index is 0.00000205. The Kier molecular flexibility index (Phi) is 5.16. The molecule has 0 spiro atoms. The van der Waals surface area contributed by atoms with Gasteiger partial charge in [0.1, 0.15) is 11.2 Å². The maximum absolute atomic E-state index is 5.92. The van der Waals surface area contributed by atoms with E-state index < -0.39 is 0 Å². The van der Waals surface area contributed by atoms with Gasteiger partial charge in [-0.1, -0.05) is 35.6 Å². The van der Waals surface area contributed by atoms with Gasteiger partial charge in [-0.15, -0.1) is 22.6 Å². The van der Waals surface area contributed by atoms with E-state index in [9.17, 15) is 0 Å². The molecular weight excluding hydrogens is 404 g/mol. The largest absolute Gasteiger partial charge is 0.399 e. The lowest BCUT2D eigenvalue weighted by molar-refractivity contribution is 1.09. The van der Waals surface area contributed by atoms with Crippen molar-refractivity contribution < 1.29 is 0 Å². The van der Waals surface area contributed by atoms with Crippen LogP contribution in [-0.4, -0.2) is 19.6 Å². The van der Waals surface area contributed by atoms with Crippen molar-refractivity contribution in [2.24, 2.45) is 0 Å². The molecule has 5 rings (SSSR count). The molecule has 29 heavy (non-hydrogen) atoms. The molecular formula is C21H17ClN6S. The number of anilines is 3. The predicted octanol–water partition coefficient (Wildman–Crippen LogP) is 5.27. The zero-order chi connectivity index (χ0) is 18.9. The van der Waals surface area contributed by atoms with Gasteiger partial charge in [-0.2, -0.15) is 0 Å². The number of pyridine rings is 1. The first-order chi connectivity index (χ1) is 13.8. The van der Waals surface area contributed by atoms with Gasteiger partial charge in [0, 0.05) is 23.1 Å². The Hall–Kier alpha value is -3.42. The number of hydrogen-bond donors (Lipinski definition) is 2. The molecule has 0 aliphatic carbocycles. The van der Waals surface area contributed by atoms with Crippen LogP contribution >= 0.6 is 23.7 Å². The number of nitrogens with two attached hydrogens (primary N) is 1. The van der Waals surface area contributed by atoms with Crippen LogP contribution in [0.5, 0.6) is 0 Å². The minimum atomic E-state index is 0. The van der Waals surface area contributed by atoms with Gasteiger partial charge in [0.15, 0.2) is 0 Å². The summed E-state index contributed by atoms with van der Waals surface area (Å²) in [7, 11) is 0. The van der Waals surface area contributed by atoms with Crippen LogP contribution in [0.3, 0.4) is 0 Å². The fourth-order valence-electron chi connectivity index (χ4n) is 3.20. The second kappa shape index (κ2) is 7.90. The predicted molar refractivity (Wildman–Crippen MR) is 121 cm³/mol. The molecule has 0 bridgehead atoms. The number of hydrogen-bond acceptors (Lipinski definition) is 6. The first-order valence-electron chi connectivity index (χ1n) is 8.73. The third-order valence-corrected chi connectivity index (χ3v) is 5.11. The summed E-state index contributed by atoms with van der Waals surface area (Å²) in [5.74, 6) is 0. The molecule has 6 nitrogen and oxygen atoms in total. The molecule has 0 saturated heterocycles. The molecule has 3 aromatic heterocycles. The van der Waals surface area contributed by atoms with Gasteiger partial charge < -0.3 is 11.1 Å². The highest BCUT2D eigenvalue weighted by molar-refractivity contribution is 7.13. The minimum absolute atomic E-state index is 0. The van der Waals surface area contributed by atoms with Gasteiger partial charge in [-0.05, 0) is 47.5 Å². The van der Waals surface area contributed by atoms with Crippen LogP contribution in [0.1, 0.15) is 0 Å². The highest BCUT2D eigenvalue weighted by atomic mass is 35.5. The van der Waals surface area contributed by atoms with E-state index in [1.807, 2.05) is 42.7 Å². The summed E-state index contributed by atoms with van der Waals surface area (Å²) in [6, 6.07) is 20.2. The van der Waals surface area contributed by atoms with Gasteiger partial charge in [-0.3, -0.25) is 4.40 Å². The van der Waals surface area contributed by atoms with E-state index in [1.165, 1.54) is 11.3 Å². The average molecular weight is 421 g/mol. The molecule has 0 fully saturated rings. The zero-order valence-electron chi connectivity index (χ0n) is 15.2. The molecule has 0 unspecified atom stereocenters. The first kappa shape index (κ1) is 18.9. The molecule has 8 heteroatoms. The summed E-state index contributed by atoms with van der Waals surface area (Å²) in [5.41, 5.74) is 14.5. The van der Waals surface area contributed by atoms with Crippen molar-refractivity contribution in [3.05, 3.63) is 78.6 Å². The molecule has 0 radical (unpaired) electrons. The zero-order valence-corrected chi connectivity index (χ0v) is 16.8. The van der Waals surface area contributed by atoms with Crippen LogP contribution in [0.2, 0.25) is 0 Å². The average Bonchev–Trinajstić information content (AvgIpc) is 3.37. The maximum atomic E-state index is 5.92. The summed E-state index contributed by atoms with van der Waals surface area (Å²) >= 11 is 1.46. The van der Waals surface area contributed by atoms with Gasteiger partial charge in [0.2, 0.25) is 5.13 Å². The fourth-order valence-corrected chi connectivity index (χ4v) is 3.66. The topological polar surface area (TPSA) is 81.1 Å². The van der Waals surface area contributed by atoms with Crippen LogP contribution in [0.15, 0.2) is 78.6 Å². The Morgan fingerprint density at radius 2 is 1.76 bits per heavy atom. The number of benzene rings is 2. The monoisotopic (exact) mass is 420 g/mol. The first-order valence-corrected chi connectivity index (χ1v) is 9.61. The summed E-state index contributed by atoms with van der Waals surface area (Å²) < 4.78 is 2.08. The quantitative estimate of drug-likeness (QED) is 0.387. The lowest BCUT2D eigenvalue weighted by Crippen LogP contribution is -1.92. The number of nitrogens with zero attached hydrogens (tertiary/aromatic N) is 4. The van der Waals surface area contributed by atoms with E-state index in [0.29, 0.717) is 0 Å². The number of nitrogens with one attached hydrogen (secondary N) is 1. The molecule has 0 amide bonds. The van der Waals surface area contributed by atoms with Crippen LogP contribution < -0.4 is 11.1 Å². The van der Waals surface area contributed by atoms with Crippen molar-refractivity contribution in [2.45, 2.75) is 0 Å². The van der Waals surface area contributed by atoms with Crippen molar-refractivity contribution in [2.75, 3.05) is 11.1 Å². The Labute approximate surface area is 177 Å². The Morgan fingerprint density at radius 1 is 0.931 bits per heavy atom. The smallest absolute Gasteiger partial charge is 0.209 e. The summed E-state index contributed by atoms with van der Waals surface area (Å²) in [4.78, 5) is 4.60. The highest BCUT2D eigenvalue weighted by Gasteiger charge is 2.09. The normalized spacial score (nSPS) is 10.6. The fraction of sp³-hybridized carbons (Fsp3) is 0. The summed E-state index contributed by atoms with van der Waals surface area (Å²) in [6.45, 7) is 0. The number of fused-ring (bicyclic) bond motifs is 1. The van der Waals surface area contributed by atoms with Crippen LogP contribution in [0.4, 0.5) is 16.5 Å². The molecule has 0 saturated carbocycles. The maximum Gasteiger partial charge on any atom is 0.209 e. The van der Waals surface area contributed by atoms with Crippen molar-refractivity contribution in [1.29, 1.82) is 0 Å². The lowest BCUT2D eigenvalue weighted by Gasteiger charge is -2.07. The van der Waals surface area contributed by atoms with Crippen LogP contribution in [0, 0.1) is 0 Å². The summed E-state index contributed by atoms with van der Waals surface area (Å²) in [6.07, 6.45) is 3.93. The summed E-state index contributed by atoms with van der Waals surface area (Å²) in [5, 5.41) is 11.9. The van der Waals surface area contributed by atoms with Gasteiger partial charge in [0.25, 0.3) is 0 Å². The van der Waals surface area contributed by atoms with Gasteiger partial charge >= 0.3 is 0 Å². The van der Waals surface area contributed by atoms with E-state index in [1.54, 1.807) is 5.51 Å². The second-order valence-corrected chi connectivity index (χ2v) is 7.20. The van der Waals surface area contributed by atoms with Crippen molar-refractivity contribution in [1.82, 2.24) is 19.6 Å². The number of nitrogen functional groups attached to an aromatic ring is 1. The molecule has 3 N–H and O–H groups in total. The van der Waals surface area contributed by atoms with Gasteiger partial charge in [0.05, 0.1) is 11.9 Å². The van der Waals surface area contributed by atoms with E-state index in [0.717, 1.165) is 44.5 Å². The number of aromatic nitrogens is 4. The van der Waals surface area contributed by atoms with E-state index in [4.69, 9.17) is 5.73 Å². The van der Waals surface area contributed by atoms with E-state index in [2.05, 4.69) is 55.2 Å². The number of imidazole rings is 1. The third-order valence-electron chi connectivity index (χ3n) is 4.50. The minimum Gasteiger partial charge on any atom is -0.399 e. The van der Waals surface area contributed by atoms with Crippen LogP contribution in [0.25, 0.3) is 28.0 Å². The molecule has 2 aromatic carbocycles. The molecule has 0 aliphatic rings. The Morgan fingerprint density at radius 3 is 2.59 bits per heavy atom. The van der Waals surface area contributed by atoms with E-state index in [-0.39, 0.29) is 12.4 Å². The number of halogens is 1. The van der Waals surface area contributed by atoms with Crippen molar-refractivity contribution in [3.63, 3.8) is 0 Å². The van der Waals surface area contributed by atoms with Crippen LogP contribution in [-0.2, 0) is 0 Å². The number of rotatable bonds is 4. The Bertz CT molecular complexity index is 1270.